The van der Waals surface area contributed by atoms with E-state index in [0.29, 0.717) is 6.54 Å². The number of anilines is 1. The van der Waals surface area contributed by atoms with Crippen LogP contribution >= 0.6 is 0 Å². The molecule has 2 amide bonds. The number of rotatable bonds is 3. The molecule has 0 saturated heterocycles. The van der Waals surface area contributed by atoms with Gasteiger partial charge in [-0.3, -0.25) is 0 Å². The standard InChI is InChI=1S/C11H13F3N2O2/c1-3-16(2)10(17)15-8-5-4-6-9(7-8)18-11(12,13)14/h4-7H,3H2,1-2H3,(H,15,17). The average molecular weight is 262 g/mol. The van der Waals surface area contributed by atoms with Crippen LogP contribution in [-0.2, 0) is 0 Å². The number of carbonyl (C=O) groups excluding carboxylic acids is 1. The van der Waals surface area contributed by atoms with Crippen LogP contribution < -0.4 is 10.1 Å². The van der Waals surface area contributed by atoms with E-state index in [2.05, 4.69) is 10.1 Å². The molecule has 0 aromatic heterocycles. The molecule has 0 spiro atoms. The zero-order valence-electron chi connectivity index (χ0n) is 9.91. The van der Waals surface area contributed by atoms with Gasteiger partial charge in [0.1, 0.15) is 5.75 Å². The van der Waals surface area contributed by atoms with Crippen molar-refractivity contribution < 1.29 is 22.7 Å². The van der Waals surface area contributed by atoms with Crippen molar-refractivity contribution in [2.24, 2.45) is 0 Å². The minimum absolute atomic E-state index is 0.238. The lowest BCUT2D eigenvalue weighted by atomic mass is 10.3. The Labute approximate surface area is 102 Å². The van der Waals surface area contributed by atoms with Crippen LogP contribution in [0.25, 0.3) is 0 Å². The maximum Gasteiger partial charge on any atom is 0.573 e. The molecule has 0 unspecified atom stereocenters. The highest BCUT2D eigenvalue weighted by atomic mass is 19.4. The van der Waals surface area contributed by atoms with E-state index >= 15 is 0 Å². The molecule has 4 nitrogen and oxygen atoms in total. The van der Waals surface area contributed by atoms with Crippen LogP contribution in [0.15, 0.2) is 24.3 Å². The van der Waals surface area contributed by atoms with Crippen LogP contribution in [0.1, 0.15) is 6.92 Å². The zero-order valence-corrected chi connectivity index (χ0v) is 9.91. The molecule has 0 saturated carbocycles. The fraction of sp³-hybridized carbons (Fsp3) is 0.364. The summed E-state index contributed by atoms with van der Waals surface area (Å²) in [7, 11) is 1.57. The molecule has 0 bridgehead atoms. The first-order valence-electron chi connectivity index (χ1n) is 5.19. The molecule has 0 heterocycles. The van der Waals surface area contributed by atoms with E-state index in [9.17, 15) is 18.0 Å². The van der Waals surface area contributed by atoms with Crippen LogP contribution in [0.2, 0.25) is 0 Å². The van der Waals surface area contributed by atoms with Gasteiger partial charge in [-0.05, 0) is 19.1 Å². The minimum Gasteiger partial charge on any atom is -0.406 e. The molecule has 0 aliphatic rings. The molecule has 0 fully saturated rings. The SMILES string of the molecule is CCN(C)C(=O)Nc1cccc(OC(F)(F)F)c1. The van der Waals surface area contributed by atoms with Gasteiger partial charge in [0.2, 0.25) is 0 Å². The van der Waals surface area contributed by atoms with Gasteiger partial charge >= 0.3 is 12.4 Å². The van der Waals surface area contributed by atoms with Crippen molar-refractivity contribution in [2.45, 2.75) is 13.3 Å². The number of hydrogen-bond acceptors (Lipinski definition) is 2. The Kier molecular flexibility index (Phi) is 4.41. The number of benzene rings is 1. The summed E-state index contributed by atoms with van der Waals surface area (Å²) in [6, 6.07) is 4.70. The van der Waals surface area contributed by atoms with E-state index in [1.165, 1.54) is 17.0 Å². The molecule has 1 aromatic rings. The quantitative estimate of drug-likeness (QED) is 0.909. The maximum absolute atomic E-state index is 12.0. The second-order valence-electron chi connectivity index (χ2n) is 3.52. The smallest absolute Gasteiger partial charge is 0.406 e. The number of alkyl halides is 3. The lowest BCUT2D eigenvalue weighted by Crippen LogP contribution is -2.30. The number of halogens is 3. The number of hydrogen-bond donors (Lipinski definition) is 1. The largest absolute Gasteiger partial charge is 0.573 e. The fourth-order valence-electron chi connectivity index (χ4n) is 1.13. The lowest BCUT2D eigenvalue weighted by molar-refractivity contribution is -0.274. The summed E-state index contributed by atoms with van der Waals surface area (Å²) in [5, 5.41) is 2.46. The number of urea groups is 1. The first-order valence-corrected chi connectivity index (χ1v) is 5.19. The molecule has 100 valence electrons. The molecular weight excluding hydrogens is 249 g/mol. The van der Waals surface area contributed by atoms with E-state index in [1.807, 2.05) is 0 Å². The maximum atomic E-state index is 12.0. The second kappa shape index (κ2) is 5.61. The predicted molar refractivity (Wildman–Crippen MR) is 60.4 cm³/mol. The highest BCUT2D eigenvalue weighted by molar-refractivity contribution is 5.89. The summed E-state index contributed by atoms with van der Waals surface area (Å²) in [4.78, 5) is 12.9. The molecular formula is C11H13F3N2O2. The highest BCUT2D eigenvalue weighted by Gasteiger charge is 2.31. The molecule has 0 aliphatic carbocycles. The third-order valence-electron chi connectivity index (χ3n) is 2.14. The molecule has 18 heavy (non-hydrogen) atoms. The topological polar surface area (TPSA) is 41.6 Å². The first-order chi connectivity index (χ1) is 8.31. The van der Waals surface area contributed by atoms with Gasteiger partial charge in [0, 0.05) is 25.3 Å². The van der Waals surface area contributed by atoms with E-state index in [0.717, 1.165) is 12.1 Å². The van der Waals surface area contributed by atoms with Crippen LogP contribution in [0, 0.1) is 0 Å². The van der Waals surface area contributed by atoms with Crippen molar-refractivity contribution in [3.05, 3.63) is 24.3 Å². The first kappa shape index (κ1) is 14.1. The second-order valence-corrected chi connectivity index (χ2v) is 3.52. The van der Waals surface area contributed by atoms with Crippen LogP contribution in [0.5, 0.6) is 5.75 Å². The average Bonchev–Trinajstić information content (AvgIpc) is 2.26. The van der Waals surface area contributed by atoms with Gasteiger partial charge in [-0.2, -0.15) is 0 Å². The molecule has 7 heteroatoms. The normalized spacial score (nSPS) is 10.9. The van der Waals surface area contributed by atoms with Crippen molar-refractivity contribution in [3.63, 3.8) is 0 Å². The Morgan fingerprint density at radius 1 is 1.44 bits per heavy atom. The van der Waals surface area contributed by atoms with E-state index < -0.39 is 12.4 Å². The van der Waals surface area contributed by atoms with Gasteiger partial charge in [0.15, 0.2) is 0 Å². The Morgan fingerprint density at radius 2 is 2.11 bits per heavy atom. The molecule has 1 rings (SSSR count). The fourth-order valence-corrected chi connectivity index (χ4v) is 1.13. The number of ether oxygens (including phenoxy) is 1. The van der Waals surface area contributed by atoms with Gasteiger partial charge in [-0.15, -0.1) is 13.2 Å². The molecule has 0 radical (unpaired) electrons. The van der Waals surface area contributed by atoms with Crippen molar-refractivity contribution in [1.82, 2.24) is 4.90 Å². The minimum atomic E-state index is -4.75. The highest BCUT2D eigenvalue weighted by Crippen LogP contribution is 2.25. The summed E-state index contributed by atoms with van der Waals surface area (Å²) in [6.07, 6.45) is -4.75. The van der Waals surface area contributed by atoms with Gasteiger partial charge in [0.05, 0.1) is 0 Å². The Balaban J connectivity index is 2.74. The summed E-state index contributed by atoms with van der Waals surface area (Å²) in [6.45, 7) is 2.27. The Bertz CT molecular complexity index is 421. The number of carbonyl (C=O) groups is 1. The van der Waals surface area contributed by atoms with Gasteiger partial charge < -0.3 is 15.0 Å². The van der Waals surface area contributed by atoms with Gasteiger partial charge in [-0.25, -0.2) is 4.79 Å². The van der Waals surface area contributed by atoms with Crippen LogP contribution in [-0.4, -0.2) is 30.9 Å². The van der Waals surface area contributed by atoms with Gasteiger partial charge in [-0.1, -0.05) is 6.07 Å². The molecule has 1 aromatic carbocycles. The zero-order chi connectivity index (χ0) is 13.8. The third-order valence-corrected chi connectivity index (χ3v) is 2.14. The van der Waals surface area contributed by atoms with Crippen molar-refractivity contribution >= 4 is 11.7 Å². The number of nitrogens with one attached hydrogen (secondary N) is 1. The van der Waals surface area contributed by atoms with Crippen LogP contribution in [0.3, 0.4) is 0 Å². The summed E-state index contributed by atoms with van der Waals surface area (Å²) >= 11 is 0. The van der Waals surface area contributed by atoms with Crippen molar-refractivity contribution in [1.29, 1.82) is 0 Å². The monoisotopic (exact) mass is 262 g/mol. The van der Waals surface area contributed by atoms with E-state index in [1.54, 1.807) is 14.0 Å². The summed E-state index contributed by atoms with van der Waals surface area (Å²) < 4.78 is 39.7. The molecule has 0 atom stereocenters. The Hall–Kier alpha value is -1.92. The van der Waals surface area contributed by atoms with E-state index in [4.69, 9.17) is 0 Å². The van der Waals surface area contributed by atoms with Crippen LogP contribution in [0.4, 0.5) is 23.7 Å². The summed E-state index contributed by atoms with van der Waals surface area (Å²) in [5.41, 5.74) is 0.238. The Morgan fingerprint density at radius 3 is 2.67 bits per heavy atom. The van der Waals surface area contributed by atoms with Crippen molar-refractivity contribution in [2.75, 3.05) is 18.9 Å². The molecule has 1 N–H and O–H groups in total. The van der Waals surface area contributed by atoms with Gasteiger partial charge in [0.25, 0.3) is 0 Å². The summed E-state index contributed by atoms with van der Waals surface area (Å²) in [5.74, 6) is -0.376. The predicted octanol–water partition coefficient (Wildman–Crippen LogP) is 3.07. The lowest BCUT2D eigenvalue weighted by Gasteiger charge is -2.16. The van der Waals surface area contributed by atoms with E-state index in [-0.39, 0.29) is 11.4 Å². The van der Waals surface area contributed by atoms with Crippen molar-refractivity contribution in [3.8, 4) is 5.75 Å². The number of amides is 2. The number of nitrogens with zero attached hydrogens (tertiary/aromatic N) is 1. The molecule has 0 aliphatic heterocycles. The third kappa shape index (κ3) is 4.52.